The molecule has 4 heteroatoms. The molecule has 1 aromatic rings. The molecule has 130 valence electrons. The molecule has 0 bridgehead atoms. The third-order valence-corrected chi connectivity index (χ3v) is 18.9. The molecule has 1 heterocycles. The third kappa shape index (κ3) is 3.00. The first-order valence-corrected chi connectivity index (χ1v) is 14.8. The molecule has 5 rings (SSSR count). The van der Waals surface area contributed by atoms with Crippen LogP contribution in [0.15, 0.2) is 53.9 Å². The normalized spacial score (nSPS) is 35.6. The Kier molecular flexibility index (Phi) is 5.95. The fraction of sp³-hybridized carbons (Fsp3) is 0.429. The van der Waals surface area contributed by atoms with Crippen LogP contribution in [-0.4, -0.2) is 11.8 Å². The van der Waals surface area contributed by atoms with Crippen LogP contribution in [0.1, 0.15) is 34.6 Å². The van der Waals surface area contributed by atoms with Crippen LogP contribution in [0.5, 0.6) is 0 Å². The van der Waals surface area contributed by atoms with Gasteiger partial charge in [0.1, 0.15) is 0 Å². The molecule has 1 saturated carbocycles. The molecule has 4 aliphatic rings. The molecule has 6 atom stereocenters. The van der Waals surface area contributed by atoms with Gasteiger partial charge in [0.05, 0.1) is 0 Å². The van der Waals surface area contributed by atoms with Gasteiger partial charge in [-0.3, -0.25) is 0 Å². The second kappa shape index (κ2) is 7.69. The first kappa shape index (κ1) is 19.4. The smallest absolute Gasteiger partial charge is 1.00 e. The van der Waals surface area contributed by atoms with Gasteiger partial charge in [-0.05, 0) is 0 Å². The van der Waals surface area contributed by atoms with E-state index in [0.29, 0.717) is 0 Å². The van der Waals surface area contributed by atoms with E-state index in [1.807, 2.05) is 5.31 Å². The zero-order chi connectivity index (χ0) is 15.4. The summed E-state index contributed by atoms with van der Waals surface area (Å²) in [6, 6.07) is 9.31. The maximum atomic E-state index is 2.64. The Balaban J connectivity index is 0.000000911. The van der Waals surface area contributed by atoms with Gasteiger partial charge in [0, 0.05) is 0 Å². The maximum Gasteiger partial charge on any atom is -1.00 e. The average molecular weight is 523 g/mol. The summed E-state index contributed by atoms with van der Waals surface area (Å²) in [6.07, 6.45) is 16.7. The molecule has 0 nitrogen and oxygen atoms in total. The SMILES string of the molecule is CCCP1C2=Cc3ccccc3[CH]2[Hf+2][CH]2C3C=CC=CC3CC21.[F-].[F-]. The molecular weight excluding hydrogens is 500 g/mol. The van der Waals surface area contributed by atoms with Crippen LogP contribution < -0.4 is 9.41 Å². The Morgan fingerprint density at radius 1 is 1.12 bits per heavy atom. The number of halogens is 2. The molecule has 0 amide bonds. The van der Waals surface area contributed by atoms with Crippen molar-refractivity contribution in [2.75, 3.05) is 6.16 Å². The zero-order valence-corrected chi connectivity index (χ0v) is 18.9. The van der Waals surface area contributed by atoms with E-state index in [0.717, 1.165) is 24.8 Å². The molecule has 2 fully saturated rings. The molecule has 0 N–H and O–H groups in total. The summed E-state index contributed by atoms with van der Waals surface area (Å²) < 4.78 is 2.05. The third-order valence-electron chi connectivity index (χ3n) is 6.10. The molecule has 25 heavy (non-hydrogen) atoms. The van der Waals surface area contributed by atoms with E-state index >= 15 is 0 Å². The molecular formula is C21H23F2HfP. The second-order valence-electron chi connectivity index (χ2n) is 7.33. The molecule has 0 aromatic heterocycles. The van der Waals surface area contributed by atoms with Gasteiger partial charge in [0.25, 0.3) is 0 Å². The minimum absolute atomic E-state index is 0. The summed E-state index contributed by atoms with van der Waals surface area (Å²) in [6.45, 7) is 2.40. The summed E-state index contributed by atoms with van der Waals surface area (Å²) in [5.74, 6) is 1.78. The van der Waals surface area contributed by atoms with Gasteiger partial charge in [0.2, 0.25) is 0 Å². The topological polar surface area (TPSA) is 0 Å². The van der Waals surface area contributed by atoms with Crippen molar-refractivity contribution in [2.45, 2.75) is 32.8 Å². The predicted molar refractivity (Wildman–Crippen MR) is 96.7 cm³/mol. The second-order valence-corrected chi connectivity index (χ2v) is 15.6. The Labute approximate surface area is 161 Å². The van der Waals surface area contributed by atoms with E-state index in [-0.39, 0.29) is 17.3 Å². The van der Waals surface area contributed by atoms with Crippen LogP contribution in [0.25, 0.3) is 6.08 Å². The molecule has 0 radical (unpaired) electrons. The zero-order valence-electron chi connectivity index (χ0n) is 14.4. The van der Waals surface area contributed by atoms with E-state index in [2.05, 4.69) is 61.6 Å². The van der Waals surface area contributed by atoms with E-state index in [4.69, 9.17) is 0 Å². The van der Waals surface area contributed by atoms with Gasteiger partial charge < -0.3 is 9.41 Å². The van der Waals surface area contributed by atoms with Crippen LogP contribution in [0.4, 0.5) is 0 Å². The van der Waals surface area contributed by atoms with E-state index in [1.54, 1.807) is 11.1 Å². The molecule has 6 unspecified atom stereocenters. The number of rotatable bonds is 2. The standard InChI is InChI=1S/C21H23P.2FH.Hf/c1-2-11-22(20-12-16-7-3-4-8-17(16)13-20)21-14-18-9-5-6-10-19(18)15-21;;;/h3-10,12-14,18-19,21H,2,11,15H2,1H3;2*1H;/q;;;+2/p-2. The van der Waals surface area contributed by atoms with Gasteiger partial charge in [-0.1, -0.05) is 0 Å². The van der Waals surface area contributed by atoms with Crippen LogP contribution in [0.3, 0.4) is 0 Å². The summed E-state index contributed by atoms with van der Waals surface area (Å²) in [5.41, 5.74) is 4.35. The summed E-state index contributed by atoms with van der Waals surface area (Å²) in [7, 11) is 0.106. The van der Waals surface area contributed by atoms with Crippen molar-refractivity contribution >= 4 is 14.0 Å². The van der Waals surface area contributed by atoms with Gasteiger partial charge in [-0.15, -0.1) is 0 Å². The number of benzene rings is 1. The van der Waals surface area contributed by atoms with Crippen molar-refractivity contribution in [1.29, 1.82) is 0 Å². The number of hydrogen-bond acceptors (Lipinski definition) is 0. The van der Waals surface area contributed by atoms with Crippen molar-refractivity contribution in [3.8, 4) is 0 Å². The van der Waals surface area contributed by atoms with Crippen LogP contribution in [-0.2, 0) is 22.9 Å². The largest absolute Gasteiger partial charge is 1.00 e. The van der Waals surface area contributed by atoms with Crippen LogP contribution in [0, 0.1) is 11.8 Å². The Hall–Kier alpha value is -0.400. The first-order valence-electron chi connectivity index (χ1n) is 9.05. The van der Waals surface area contributed by atoms with Gasteiger partial charge in [-0.25, -0.2) is 0 Å². The Morgan fingerprint density at radius 3 is 2.76 bits per heavy atom. The molecule has 1 saturated heterocycles. The van der Waals surface area contributed by atoms with Crippen molar-refractivity contribution in [1.82, 2.24) is 0 Å². The van der Waals surface area contributed by atoms with E-state index < -0.39 is 22.9 Å². The summed E-state index contributed by atoms with van der Waals surface area (Å²) >= 11 is -0.691. The molecule has 1 aliphatic heterocycles. The van der Waals surface area contributed by atoms with E-state index in [1.165, 1.54) is 19.0 Å². The van der Waals surface area contributed by atoms with Crippen LogP contribution in [0.2, 0.25) is 3.67 Å². The maximum absolute atomic E-state index is 2.64. The fourth-order valence-electron chi connectivity index (χ4n) is 5.17. The monoisotopic (exact) mass is 524 g/mol. The average Bonchev–Trinajstić information content (AvgIpc) is 3.14. The van der Waals surface area contributed by atoms with Crippen molar-refractivity contribution in [2.24, 2.45) is 11.8 Å². The van der Waals surface area contributed by atoms with Crippen molar-refractivity contribution in [3.63, 3.8) is 0 Å². The van der Waals surface area contributed by atoms with Gasteiger partial charge >= 0.3 is 153 Å². The van der Waals surface area contributed by atoms with E-state index in [9.17, 15) is 0 Å². The van der Waals surface area contributed by atoms with Gasteiger partial charge in [-0.2, -0.15) is 0 Å². The minimum atomic E-state index is -0.691. The number of allylic oxidation sites excluding steroid dienone is 5. The van der Waals surface area contributed by atoms with Crippen LogP contribution >= 0.6 is 7.92 Å². The minimum Gasteiger partial charge on any atom is -1.00 e. The van der Waals surface area contributed by atoms with Gasteiger partial charge in [0.15, 0.2) is 0 Å². The summed E-state index contributed by atoms with van der Waals surface area (Å²) in [4.78, 5) is 0. The molecule has 1 aromatic carbocycles. The quantitative estimate of drug-likeness (QED) is 0.379. The first-order chi connectivity index (χ1) is 11.4. The Bertz CT molecular complexity index is 726. The number of fused-ring (bicyclic) bond motifs is 6. The molecule has 0 spiro atoms. The summed E-state index contributed by atoms with van der Waals surface area (Å²) in [5, 5.41) is 1.93. The molecule has 3 aliphatic carbocycles. The van der Waals surface area contributed by atoms with Crippen molar-refractivity contribution in [3.05, 3.63) is 65.0 Å². The fourth-order valence-corrected chi connectivity index (χ4v) is 20.8. The Morgan fingerprint density at radius 2 is 1.92 bits per heavy atom. The number of hydrogen-bond donors (Lipinski definition) is 0. The predicted octanol–water partition coefficient (Wildman–Crippen LogP) is -0.00260. The van der Waals surface area contributed by atoms with Crippen molar-refractivity contribution < 1.29 is 32.3 Å².